The highest BCUT2D eigenvalue weighted by Gasteiger charge is 2.45. The highest BCUT2D eigenvalue weighted by molar-refractivity contribution is 7.92. The molecule has 0 spiro atoms. The van der Waals surface area contributed by atoms with Crippen molar-refractivity contribution in [2.24, 2.45) is 11.7 Å². The normalized spacial score (nSPS) is 15.9. The Kier molecular flexibility index (Phi) is 10.8. The van der Waals surface area contributed by atoms with Gasteiger partial charge in [0.1, 0.15) is 11.6 Å². The van der Waals surface area contributed by atoms with E-state index in [1.54, 1.807) is 0 Å². The van der Waals surface area contributed by atoms with Crippen molar-refractivity contribution < 1.29 is 58.2 Å². The van der Waals surface area contributed by atoms with Crippen molar-refractivity contribution in [1.82, 2.24) is 4.90 Å². The van der Waals surface area contributed by atoms with E-state index in [-0.39, 0.29) is 37.9 Å². The standard InChI is InChI=1S/C24H27F5N2O3S.C2HF3O2/c1-23(2,35(33,34)19-5-3-4-17(14-19)24(27,28)29)16-8-10-31(11-9-16)22(32)21(30)13-15-12-18(25)6-7-20(15)26;3-2(4,5)1(6)7/h3-7,12,14,16,21H,8-11,13,30H2,1-2H3;(H,6,7)/t21-;/m0./s1. The second-order valence-corrected chi connectivity index (χ2v) is 12.6. The van der Waals surface area contributed by atoms with Crippen LogP contribution in [0.2, 0.25) is 0 Å². The average Bonchev–Trinajstić information content (AvgIpc) is 2.89. The van der Waals surface area contributed by atoms with Gasteiger partial charge in [-0.3, -0.25) is 4.79 Å². The molecular formula is C26H28F8N2O5S. The zero-order chi connectivity index (χ0) is 32.3. The Morgan fingerprint density at radius 3 is 2.05 bits per heavy atom. The SMILES string of the molecule is CC(C)(C1CCN(C(=O)[C@@H](N)Cc2cc(F)ccc2F)CC1)S(=O)(=O)c1cccc(C(F)(F)F)c1.O=C(O)C(F)(F)F. The van der Waals surface area contributed by atoms with Crippen LogP contribution in [-0.4, -0.2) is 60.4 Å². The summed E-state index contributed by atoms with van der Waals surface area (Å²) in [5.41, 5.74) is 4.88. The van der Waals surface area contributed by atoms with Crippen LogP contribution >= 0.6 is 0 Å². The van der Waals surface area contributed by atoms with Crippen LogP contribution < -0.4 is 5.73 Å². The number of amides is 1. The van der Waals surface area contributed by atoms with Crippen molar-refractivity contribution in [2.75, 3.05) is 13.1 Å². The van der Waals surface area contributed by atoms with E-state index in [4.69, 9.17) is 15.6 Å². The van der Waals surface area contributed by atoms with Gasteiger partial charge in [-0.1, -0.05) is 6.07 Å². The molecule has 0 aromatic heterocycles. The van der Waals surface area contributed by atoms with Gasteiger partial charge >= 0.3 is 18.3 Å². The Morgan fingerprint density at radius 1 is 1.00 bits per heavy atom. The summed E-state index contributed by atoms with van der Waals surface area (Å²) in [4.78, 5) is 22.7. The Hall–Kier alpha value is -3.27. The minimum Gasteiger partial charge on any atom is -0.475 e. The molecule has 0 aliphatic carbocycles. The third-order valence-corrected chi connectivity index (χ3v) is 9.55. The minimum absolute atomic E-state index is 0.0194. The lowest BCUT2D eigenvalue weighted by atomic mass is 9.85. The molecule has 234 valence electrons. The summed E-state index contributed by atoms with van der Waals surface area (Å²) >= 11 is 0. The van der Waals surface area contributed by atoms with Gasteiger partial charge < -0.3 is 15.7 Å². The number of aliphatic carboxylic acids is 1. The monoisotopic (exact) mass is 632 g/mol. The molecule has 1 fully saturated rings. The van der Waals surface area contributed by atoms with Gasteiger partial charge in [0, 0.05) is 13.1 Å². The maximum atomic E-state index is 13.9. The number of carboxylic acid groups (broad SMARTS) is 1. The van der Waals surface area contributed by atoms with Crippen LogP contribution in [0.15, 0.2) is 47.4 Å². The van der Waals surface area contributed by atoms with Crippen molar-refractivity contribution in [3.8, 4) is 0 Å². The lowest BCUT2D eigenvalue weighted by Gasteiger charge is -2.40. The molecule has 2 aromatic carbocycles. The molecule has 1 amide bonds. The van der Waals surface area contributed by atoms with E-state index in [9.17, 15) is 48.3 Å². The predicted molar refractivity (Wildman–Crippen MR) is 134 cm³/mol. The Labute approximate surface area is 236 Å². The van der Waals surface area contributed by atoms with Crippen LogP contribution in [-0.2, 0) is 32.0 Å². The zero-order valence-electron chi connectivity index (χ0n) is 22.3. The van der Waals surface area contributed by atoms with Crippen molar-refractivity contribution >= 4 is 21.7 Å². The first-order valence-corrected chi connectivity index (χ1v) is 13.8. The molecule has 0 radical (unpaired) electrons. The predicted octanol–water partition coefficient (Wildman–Crippen LogP) is 4.98. The first kappa shape index (κ1) is 34.9. The molecule has 1 heterocycles. The molecule has 1 saturated heterocycles. The van der Waals surface area contributed by atoms with E-state index in [1.165, 1.54) is 18.7 Å². The average molecular weight is 633 g/mol. The Bertz CT molecular complexity index is 1390. The van der Waals surface area contributed by atoms with Gasteiger partial charge in [0.2, 0.25) is 5.91 Å². The van der Waals surface area contributed by atoms with Crippen LogP contribution in [0, 0.1) is 17.6 Å². The van der Waals surface area contributed by atoms with Crippen LogP contribution in [0.25, 0.3) is 0 Å². The zero-order valence-corrected chi connectivity index (χ0v) is 23.1. The van der Waals surface area contributed by atoms with E-state index in [0.29, 0.717) is 6.07 Å². The minimum atomic E-state index is -5.08. The fraction of sp³-hybridized carbons (Fsp3) is 0.462. The first-order valence-electron chi connectivity index (χ1n) is 12.3. The lowest BCUT2D eigenvalue weighted by Crippen LogP contribution is -2.51. The van der Waals surface area contributed by atoms with Crippen LogP contribution in [0.4, 0.5) is 35.1 Å². The first-order chi connectivity index (χ1) is 19.1. The lowest BCUT2D eigenvalue weighted by molar-refractivity contribution is -0.192. The molecule has 1 aliphatic rings. The van der Waals surface area contributed by atoms with Crippen LogP contribution in [0.1, 0.15) is 37.8 Å². The van der Waals surface area contributed by atoms with Crippen LogP contribution in [0.5, 0.6) is 0 Å². The number of halogens is 8. The Morgan fingerprint density at radius 2 is 1.55 bits per heavy atom. The molecule has 3 rings (SSSR count). The van der Waals surface area contributed by atoms with Crippen molar-refractivity contribution in [3.05, 3.63) is 65.2 Å². The molecule has 3 N–H and O–H groups in total. The molecule has 0 unspecified atom stereocenters. The van der Waals surface area contributed by atoms with Gasteiger partial charge in [-0.05, 0) is 81.0 Å². The molecule has 16 heteroatoms. The topological polar surface area (TPSA) is 118 Å². The number of benzene rings is 2. The second-order valence-electron chi connectivity index (χ2n) is 10.1. The van der Waals surface area contributed by atoms with E-state index >= 15 is 0 Å². The van der Waals surface area contributed by atoms with E-state index in [1.807, 2.05) is 0 Å². The molecule has 7 nitrogen and oxygen atoms in total. The molecule has 1 atom stereocenters. The Balaban J connectivity index is 0.000000782. The third kappa shape index (κ3) is 8.40. The van der Waals surface area contributed by atoms with Gasteiger partial charge in [0.05, 0.1) is 21.2 Å². The number of carboxylic acids is 1. The largest absolute Gasteiger partial charge is 0.490 e. The number of carbonyl (C=O) groups is 2. The van der Waals surface area contributed by atoms with Crippen LogP contribution in [0.3, 0.4) is 0 Å². The fourth-order valence-corrected chi connectivity index (χ4v) is 6.24. The number of likely N-dealkylation sites (tertiary alicyclic amines) is 1. The second kappa shape index (κ2) is 12.9. The summed E-state index contributed by atoms with van der Waals surface area (Å²) in [5, 5.41) is 7.12. The fourth-order valence-electron chi connectivity index (χ4n) is 4.42. The summed E-state index contributed by atoms with van der Waals surface area (Å²) in [6.45, 7) is 3.32. The molecular weight excluding hydrogens is 604 g/mol. The van der Waals surface area contributed by atoms with E-state index < -0.39 is 72.9 Å². The summed E-state index contributed by atoms with van der Waals surface area (Å²) in [5.74, 6) is -4.97. The van der Waals surface area contributed by atoms with Gasteiger partial charge in [-0.15, -0.1) is 0 Å². The summed E-state index contributed by atoms with van der Waals surface area (Å²) in [6.07, 6.45) is -9.37. The van der Waals surface area contributed by atoms with E-state index in [2.05, 4.69) is 0 Å². The van der Waals surface area contributed by atoms with Gasteiger partial charge in [-0.25, -0.2) is 22.0 Å². The quantitative estimate of drug-likeness (QED) is 0.434. The van der Waals surface area contributed by atoms with Gasteiger partial charge in [0.25, 0.3) is 0 Å². The number of nitrogens with zero attached hydrogens (tertiary/aromatic N) is 1. The molecule has 1 aliphatic heterocycles. The molecule has 0 bridgehead atoms. The maximum Gasteiger partial charge on any atom is 0.490 e. The van der Waals surface area contributed by atoms with Crippen molar-refractivity contribution in [1.29, 1.82) is 0 Å². The number of hydrogen-bond acceptors (Lipinski definition) is 5. The highest BCUT2D eigenvalue weighted by atomic mass is 32.2. The molecule has 2 aromatic rings. The molecule has 42 heavy (non-hydrogen) atoms. The number of carbonyl (C=O) groups excluding carboxylic acids is 1. The smallest absolute Gasteiger partial charge is 0.475 e. The van der Waals surface area contributed by atoms with Crippen molar-refractivity contribution in [2.45, 2.75) is 61.1 Å². The van der Waals surface area contributed by atoms with Gasteiger partial charge in [-0.2, -0.15) is 26.3 Å². The highest BCUT2D eigenvalue weighted by Crippen LogP contribution is 2.39. The summed E-state index contributed by atoms with van der Waals surface area (Å²) in [6, 6.07) is 5.47. The number of sulfone groups is 1. The molecule has 0 saturated carbocycles. The number of piperidine rings is 1. The summed E-state index contributed by atoms with van der Waals surface area (Å²) in [7, 11) is -4.13. The summed E-state index contributed by atoms with van der Waals surface area (Å²) < 4.78 is 123. The number of hydrogen-bond donors (Lipinski definition) is 2. The van der Waals surface area contributed by atoms with Crippen molar-refractivity contribution in [3.63, 3.8) is 0 Å². The number of rotatable bonds is 6. The number of nitrogens with two attached hydrogens (primary N) is 1. The van der Waals surface area contributed by atoms with Gasteiger partial charge in [0.15, 0.2) is 9.84 Å². The maximum absolute atomic E-state index is 13.9. The third-order valence-electron chi connectivity index (χ3n) is 6.96. The van der Waals surface area contributed by atoms with E-state index in [0.717, 1.165) is 36.4 Å². The number of alkyl halides is 6.